The van der Waals surface area contributed by atoms with Crippen LogP contribution in [0.25, 0.3) is 0 Å². The molecule has 1 rings (SSSR count). The number of unbranched alkanes of at least 4 members (excludes halogenated alkanes) is 1. The Kier molecular flexibility index (Phi) is 5.53. The highest BCUT2D eigenvalue weighted by Crippen LogP contribution is 2.04. The third-order valence-corrected chi connectivity index (χ3v) is 3.12. The van der Waals surface area contributed by atoms with Gasteiger partial charge < -0.3 is 10.2 Å². The van der Waals surface area contributed by atoms with Crippen LogP contribution in [0.2, 0.25) is 0 Å². The van der Waals surface area contributed by atoms with Crippen molar-refractivity contribution in [3.05, 3.63) is 0 Å². The normalized spacial score (nSPS) is 17.5. The van der Waals surface area contributed by atoms with Crippen LogP contribution in [-0.2, 0) is 9.59 Å². The Morgan fingerprint density at radius 2 is 2.20 bits per heavy atom. The quantitative estimate of drug-likeness (QED) is 0.699. The number of carbonyl (C=O) groups excluding carboxylic acids is 2. The summed E-state index contributed by atoms with van der Waals surface area (Å²) >= 11 is 1.82. The summed E-state index contributed by atoms with van der Waals surface area (Å²) in [6.45, 7) is 1.53. The molecule has 1 N–H and O–H groups in total. The number of hydrogen-bond acceptors (Lipinski definition) is 3. The number of amides is 2. The van der Waals surface area contributed by atoms with E-state index in [9.17, 15) is 9.59 Å². The number of hydrogen-bond donors (Lipinski definition) is 1. The molecule has 1 heterocycles. The molecule has 0 spiro atoms. The molecule has 1 aliphatic heterocycles. The van der Waals surface area contributed by atoms with Crippen LogP contribution in [0.1, 0.15) is 19.3 Å². The maximum Gasteiger partial charge on any atom is 0.241 e. The van der Waals surface area contributed by atoms with E-state index in [0.717, 1.165) is 25.1 Å². The minimum Gasteiger partial charge on any atom is -0.347 e. The number of nitrogens with one attached hydrogen (secondary N) is 1. The summed E-state index contributed by atoms with van der Waals surface area (Å²) in [7, 11) is 0. The fourth-order valence-corrected chi connectivity index (χ4v) is 2.01. The number of thioether (sulfide) groups is 1. The van der Waals surface area contributed by atoms with Crippen molar-refractivity contribution in [2.45, 2.75) is 19.3 Å². The van der Waals surface area contributed by atoms with E-state index < -0.39 is 0 Å². The first-order valence-electron chi connectivity index (χ1n) is 5.27. The highest BCUT2D eigenvalue weighted by molar-refractivity contribution is 7.98. The van der Waals surface area contributed by atoms with Crippen molar-refractivity contribution >= 4 is 23.6 Å². The molecule has 4 nitrogen and oxygen atoms in total. The second kappa shape index (κ2) is 6.71. The molecule has 5 heteroatoms. The van der Waals surface area contributed by atoms with E-state index >= 15 is 0 Å². The van der Waals surface area contributed by atoms with Gasteiger partial charge in [0.1, 0.15) is 0 Å². The van der Waals surface area contributed by atoms with Crippen molar-refractivity contribution in [3.8, 4) is 0 Å². The van der Waals surface area contributed by atoms with Crippen molar-refractivity contribution in [1.82, 2.24) is 10.2 Å². The van der Waals surface area contributed by atoms with Gasteiger partial charge in [-0.25, -0.2) is 0 Å². The number of carbonyl (C=O) groups is 2. The van der Waals surface area contributed by atoms with Gasteiger partial charge in [0.25, 0.3) is 0 Å². The van der Waals surface area contributed by atoms with Gasteiger partial charge in [0, 0.05) is 19.5 Å². The van der Waals surface area contributed by atoms with Gasteiger partial charge in [-0.15, -0.1) is 0 Å². The zero-order valence-electron chi connectivity index (χ0n) is 9.12. The van der Waals surface area contributed by atoms with Crippen molar-refractivity contribution < 1.29 is 9.59 Å². The van der Waals surface area contributed by atoms with Gasteiger partial charge in [-0.2, -0.15) is 11.8 Å². The zero-order valence-corrected chi connectivity index (χ0v) is 9.94. The van der Waals surface area contributed by atoms with Gasteiger partial charge in [-0.3, -0.25) is 9.59 Å². The van der Waals surface area contributed by atoms with E-state index in [4.69, 9.17) is 0 Å². The summed E-state index contributed by atoms with van der Waals surface area (Å²) in [4.78, 5) is 24.4. The van der Waals surface area contributed by atoms with Crippen LogP contribution in [0, 0.1) is 0 Å². The molecule has 0 atom stereocenters. The SMILES string of the molecule is CSCCCCN1CCC(=O)NCC1=O. The first kappa shape index (κ1) is 12.4. The molecule has 0 aliphatic carbocycles. The van der Waals surface area contributed by atoms with E-state index in [2.05, 4.69) is 11.6 Å². The Morgan fingerprint density at radius 3 is 2.93 bits per heavy atom. The first-order valence-corrected chi connectivity index (χ1v) is 6.67. The molecule has 0 radical (unpaired) electrons. The van der Waals surface area contributed by atoms with Crippen molar-refractivity contribution in [1.29, 1.82) is 0 Å². The lowest BCUT2D eigenvalue weighted by Crippen LogP contribution is -2.35. The second-order valence-electron chi connectivity index (χ2n) is 3.61. The van der Waals surface area contributed by atoms with Crippen molar-refractivity contribution in [2.75, 3.05) is 31.6 Å². The molecule has 86 valence electrons. The second-order valence-corrected chi connectivity index (χ2v) is 4.59. The molecule has 0 aromatic rings. The minimum atomic E-state index is -0.0186. The summed E-state index contributed by atoms with van der Waals surface area (Å²) in [6, 6.07) is 0. The molecule has 0 unspecified atom stereocenters. The monoisotopic (exact) mass is 230 g/mol. The molecule has 0 aromatic carbocycles. The van der Waals surface area contributed by atoms with Crippen LogP contribution in [0.5, 0.6) is 0 Å². The van der Waals surface area contributed by atoms with E-state index in [1.807, 2.05) is 11.8 Å². The van der Waals surface area contributed by atoms with E-state index in [-0.39, 0.29) is 18.4 Å². The highest BCUT2D eigenvalue weighted by Gasteiger charge is 2.18. The molecular weight excluding hydrogens is 212 g/mol. The molecule has 0 saturated carbocycles. The van der Waals surface area contributed by atoms with Crippen LogP contribution in [0.3, 0.4) is 0 Å². The van der Waals surface area contributed by atoms with Gasteiger partial charge in [0.2, 0.25) is 11.8 Å². The molecule has 1 saturated heterocycles. The number of rotatable bonds is 5. The van der Waals surface area contributed by atoms with Crippen LogP contribution in [0.15, 0.2) is 0 Å². The maximum absolute atomic E-state index is 11.5. The predicted octanol–water partition coefficient (Wildman–Crippen LogP) is 0.478. The third-order valence-electron chi connectivity index (χ3n) is 2.42. The molecule has 15 heavy (non-hydrogen) atoms. The first-order chi connectivity index (χ1) is 7.24. The standard InChI is InChI=1S/C10H18N2O2S/c1-15-7-3-2-5-12-6-4-9(13)11-8-10(12)14/h2-8H2,1H3,(H,11,13). The van der Waals surface area contributed by atoms with Crippen LogP contribution in [-0.4, -0.2) is 48.4 Å². The molecule has 1 fully saturated rings. The van der Waals surface area contributed by atoms with Crippen molar-refractivity contribution in [3.63, 3.8) is 0 Å². The molecule has 2 amide bonds. The lowest BCUT2D eigenvalue weighted by atomic mass is 10.3. The van der Waals surface area contributed by atoms with E-state index in [1.54, 1.807) is 4.90 Å². The van der Waals surface area contributed by atoms with Gasteiger partial charge in [-0.1, -0.05) is 0 Å². The molecule has 0 bridgehead atoms. The molecular formula is C10H18N2O2S. The number of nitrogens with zero attached hydrogens (tertiary/aromatic N) is 1. The Labute approximate surface area is 94.8 Å². The van der Waals surface area contributed by atoms with Gasteiger partial charge in [-0.05, 0) is 24.9 Å². The van der Waals surface area contributed by atoms with Gasteiger partial charge in [0.05, 0.1) is 6.54 Å². The topological polar surface area (TPSA) is 49.4 Å². The van der Waals surface area contributed by atoms with Crippen LogP contribution < -0.4 is 5.32 Å². The average Bonchev–Trinajstić information content (AvgIpc) is 2.38. The van der Waals surface area contributed by atoms with Gasteiger partial charge in [0.15, 0.2) is 0 Å². The van der Waals surface area contributed by atoms with Crippen LogP contribution >= 0.6 is 11.8 Å². The predicted molar refractivity (Wildman–Crippen MR) is 61.8 cm³/mol. The third kappa shape index (κ3) is 4.55. The summed E-state index contributed by atoms with van der Waals surface area (Å²) in [6.07, 6.45) is 4.68. The van der Waals surface area contributed by atoms with E-state index in [0.29, 0.717) is 13.0 Å². The van der Waals surface area contributed by atoms with Crippen molar-refractivity contribution in [2.24, 2.45) is 0 Å². The summed E-state index contributed by atoms with van der Waals surface area (Å²) in [5, 5.41) is 2.59. The average molecular weight is 230 g/mol. The summed E-state index contributed by atoms with van der Waals surface area (Å²) in [5.74, 6) is 1.17. The smallest absolute Gasteiger partial charge is 0.241 e. The zero-order chi connectivity index (χ0) is 11.1. The lowest BCUT2D eigenvalue weighted by Gasteiger charge is -2.19. The van der Waals surface area contributed by atoms with E-state index in [1.165, 1.54) is 0 Å². The Bertz CT molecular complexity index is 233. The van der Waals surface area contributed by atoms with Crippen LogP contribution in [0.4, 0.5) is 0 Å². The fourth-order valence-electron chi connectivity index (χ4n) is 1.52. The maximum atomic E-state index is 11.5. The molecule has 0 aromatic heterocycles. The Morgan fingerprint density at radius 1 is 1.40 bits per heavy atom. The minimum absolute atomic E-state index is 0.0186. The molecule has 1 aliphatic rings. The Hall–Kier alpha value is -0.710. The lowest BCUT2D eigenvalue weighted by molar-refractivity contribution is -0.130. The summed E-state index contributed by atoms with van der Waals surface area (Å²) < 4.78 is 0. The fraction of sp³-hybridized carbons (Fsp3) is 0.800. The Balaban J connectivity index is 2.26. The highest BCUT2D eigenvalue weighted by atomic mass is 32.2. The largest absolute Gasteiger partial charge is 0.347 e. The van der Waals surface area contributed by atoms with Gasteiger partial charge >= 0.3 is 0 Å². The summed E-state index contributed by atoms with van der Waals surface area (Å²) in [5.41, 5.74) is 0.